The average Bonchev–Trinajstić information content (AvgIpc) is 2.54. The molecule has 0 unspecified atom stereocenters. The molecule has 0 aromatic heterocycles. The molecule has 0 N–H and O–H groups in total. The van der Waals surface area contributed by atoms with E-state index in [1.165, 1.54) is 42.4 Å². The number of allylic oxidation sites excluding steroid dienone is 1. The summed E-state index contributed by atoms with van der Waals surface area (Å²) in [6.45, 7) is 3.80. The lowest BCUT2D eigenvalue weighted by molar-refractivity contribution is -0.112. The van der Waals surface area contributed by atoms with Gasteiger partial charge in [0.15, 0.2) is 5.78 Å². The monoisotopic (exact) mass is 292 g/mol. The van der Waals surface area contributed by atoms with Crippen LogP contribution in [0.1, 0.15) is 44.2 Å². The Labute approximate surface area is 133 Å². The lowest BCUT2D eigenvalue weighted by Crippen LogP contribution is -1.86. The molecule has 0 radical (unpaired) electrons. The second kappa shape index (κ2) is 8.33. The largest absolute Gasteiger partial charge is 0.295 e. The van der Waals surface area contributed by atoms with Crippen molar-refractivity contribution in [3.8, 4) is 11.1 Å². The van der Waals surface area contributed by atoms with Gasteiger partial charge >= 0.3 is 0 Å². The fraction of sp³-hybridized carbons (Fsp3) is 0.286. The first kappa shape index (κ1) is 16.2. The zero-order valence-corrected chi connectivity index (χ0v) is 13.5. The smallest absolute Gasteiger partial charge is 0.152 e. The normalized spacial score (nSPS) is 11.0. The Morgan fingerprint density at radius 1 is 0.909 bits per heavy atom. The molecule has 114 valence electrons. The molecule has 0 fully saturated rings. The number of carbonyl (C=O) groups excluding carboxylic acids is 1. The van der Waals surface area contributed by atoms with Gasteiger partial charge in [-0.2, -0.15) is 0 Å². The van der Waals surface area contributed by atoms with Crippen molar-refractivity contribution in [2.24, 2.45) is 0 Å². The quantitative estimate of drug-likeness (QED) is 0.473. The zero-order valence-electron chi connectivity index (χ0n) is 13.5. The molecule has 0 aliphatic rings. The Kier molecular flexibility index (Phi) is 6.14. The number of aryl methyl sites for hydroxylation is 1. The van der Waals surface area contributed by atoms with Crippen LogP contribution in [-0.4, -0.2) is 5.78 Å². The third-order valence-electron chi connectivity index (χ3n) is 3.78. The van der Waals surface area contributed by atoms with Crippen LogP contribution in [0.15, 0.2) is 54.6 Å². The van der Waals surface area contributed by atoms with Gasteiger partial charge in [0.1, 0.15) is 0 Å². The van der Waals surface area contributed by atoms with Crippen molar-refractivity contribution in [2.45, 2.75) is 39.5 Å². The van der Waals surface area contributed by atoms with Gasteiger partial charge in [-0.05, 0) is 48.1 Å². The molecule has 0 amide bonds. The van der Waals surface area contributed by atoms with Crippen molar-refractivity contribution in [3.63, 3.8) is 0 Å². The van der Waals surface area contributed by atoms with Gasteiger partial charge in [-0.3, -0.25) is 4.79 Å². The number of rotatable bonds is 7. The molecule has 22 heavy (non-hydrogen) atoms. The summed E-state index contributed by atoms with van der Waals surface area (Å²) in [5.41, 5.74) is 4.91. The number of unbranched alkanes of at least 4 members (excludes halogenated alkanes) is 2. The van der Waals surface area contributed by atoms with Gasteiger partial charge in [0.2, 0.25) is 0 Å². The van der Waals surface area contributed by atoms with Gasteiger partial charge in [0, 0.05) is 0 Å². The Bertz CT molecular complexity index is 618. The van der Waals surface area contributed by atoms with Crippen molar-refractivity contribution < 1.29 is 4.79 Å². The van der Waals surface area contributed by atoms with Crippen LogP contribution in [-0.2, 0) is 11.2 Å². The minimum absolute atomic E-state index is 0.0720. The van der Waals surface area contributed by atoms with Crippen LogP contribution in [0.2, 0.25) is 0 Å². The maximum absolute atomic E-state index is 10.9. The Balaban J connectivity index is 2.03. The minimum atomic E-state index is 0.0720. The van der Waals surface area contributed by atoms with E-state index in [-0.39, 0.29) is 5.78 Å². The summed E-state index contributed by atoms with van der Waals surface area (Å²) in [4.78, 5) is 10.9. The van der Waals surface area contributed by atoms with Gasteiger partial charge in [0.25, 0.3) is 0 Å². The summed E-state index contributed by atoms with van der Waals surface area (Å²) in [5.74, 6) is 0.0720. The molecule has 0 aliphatic carbocycles. The number of benzene rings is 2. The maximum atomic E-state index is 10.9. The predicted octanol–water partition coefficient (Wildman–Crippen LogP) is 5.69. The second-order valence-electron chi connectivity index (χ2n) is 5.72. The van der Waals surface area contributed by atoms with Crippen LogP contribution in [0.3, 0.4) is 0 Å². The highest BCUT2D eigenvalue weighted by atomic mass is 16.1. The molecular weight excluding hydrogens is 268 g/mol. The van der Waals surface area contributed by atoms with E-state index in [0.29, 0.717) is 0 Å². The summed E-state index contributed by atoms with van der Waals surface area (Å²) < 4.78 is 0. The first-order valence-electron chi connectivity index (χ1n) is 8.07. The topological polar surface area (TPSA) is 17.1 Å². The molecule has 1 heteroatoms. The third kappa shape index (κ3) is 5.00. The third-order valence-corrected chi connectivity index (χ3v) is 3.78. The van der Waals surface area contributed by atoms with E-state index in [1.807, 2.05) is 18.2 Å². The maximum Gasteiger partial charge on any atom is 0.152 e. The fourth-order valence-corrected chi connectivity index (χ4v) is 2.44. The summed E-state index contributed by atoms with van der Waals surface area (Å²) in [6.07, 6.45) is 8.46. The highest BCUT2D eigenvalue weighted by molar-refractivity contribution is 5.91. The fourth-order valence-electron chi connectivity index (χ4n) is 2.44. The van der Waals surface area contributed by atoms with E-state index in [0.717, 1.165) is 5.56 Å². The van der Waals surface area contributed by atoms with Gasteiger partial charge < -0.3 is 0 Å². The standard InChI is InChI=1S/C21H24O/c1-3-4-5-6-18-9-13-20(14-10-18)21-15-11-19(12-16-21)8-7-17(2)22/h7-16H,3-6H2,1-2H3/b8-7+. The van der Waals surface area contributed by atoms with E-state index < -0.39 is 0 Å². The number of carbonyl (C=O) groups is 1. The lowest BCUT2D eigenvalue weighted by atomic mass is 10.0. The molecule has 2 aromatic carbocycles. The van der Waals surface area contributed by atoms with Crippen LogP contribution >= 0.6 is 0 Å². The lowest BCUT2D eigenvalue weighted by Gasteiger charge is -2.05. The first-order chi connectivity index (χ1) is 10.7. The molecule has 2 rings (SSSR count). The van der Waals surface area contributed by atoms with Crippen LogP contribution < -0.4 is 0 Å². The second-order valence-corrected chi connectivity index (χ2v) is 5.72. The highest BCUT2D eigenvalue weighted by Gasteiger charge is 1.99. The van der Waals surface area contributed by atoms with Gasteiger partial charge in [0.05, 0.1) is 0 Å². The van der Waals surface area contributed by atoms with Gasteiger partial charge in [-0.15, -0.1) is 0 Å². The Morgan fingerprint density at radius 3 is 2.05 bits per heavy atom. The van der Waals surface area contributed by atoms with E-state index in [4.69, 9.17) is 0 Å². The van der Waals surface area contributed by atoms with E-state index in [2.05, 4.69) is 43.3 Å². The van der Waals surface area contributed by atoms with Crippen molar-refractivity contribution in [2.75, 3.05) is 0 Å². The van der Waals surface area contributed by atoms with Crippen molar-refractivity contribution in [1.82, 2.24) is 0 Å². The SMILES string of the molecule is CCCCCc1ccc(-c2ccc(/C=C/C(C)=O)cc2)cc1. The van der Waals surface area contributed by atoms with Crippen LogP contribution in [0.25, 0.3) is 17.2 Å². The van der Waals surface area contributed by atoms with Crippen molar-refractivity contribution in [3.05, 3.63) is 65.7 Å². The van der Waals surface area contributed by atoms with Gasteiger partial charge in [-0.25, -0.2) is 0 Å². The first-order valence-corrected chi connectivity index (χ1v) is 8.07. The molecule has 0 saturated heterocycles. The van der Waals surface area contributed by atoms with Crippen molar-refractivity contribution in [1.29, 1.82) is 0 Å². The number of ketones is 1. The van der Waals surface area contributed by atoms with Crippen LogP contribution in [0, 0.1) is 0 Å². The predicted molar refractivity (Wildman–Crippen MR) is 94.8 cm³/mol. The molecular formula is C21H24O. The zero-order chi connectivity index (χ0) is 15.8. The van der Waals surface area contributed by atoms with E-state index in [1.54, 1.807) is 13.0 Å². The van der Waals surface area contributed by atoms with Crippen LogP contribution in [0.5, 0.6) is 0 Å². The highest BCUT2D eigenvalue weighted by Crippen LogP contribution is 2.21. The molecule has 0 spiro atoms. The molecule has 1 nitrogen and oxygen atoms in total. The summed E-state index contributed by atoms with van der Waals surface area (Å²) >= 11 is 0. The molecule has 0 aliphatic heterocycles. The average molecular weight is 292 g/mol. The molecule has 0 atom stereocenters. The minimum Gasteiger partial charge on any atom is -0.295 e. The van der Waals surface area contributed by atoms with E-state index in [9.17, 15) is 4.79 Å². The van der Waals surface area contributed by atoms with E-state index >= 15 is 0 Å². The Hall–Kier alpha value is -2.15. The number of hydrogen-bond acceptors (Lipinski definition) is 1. The number of hydrogen-bond donors (Lipinski definition) is 0. The Morgan fingerprint density at radius 2 is 1.50 bits per heavy atom. The summed E-state index contributed by atoms with van der Waals surface area (Å²) in [6, 6.07) is 17.2. The van der Waals surface area contributed by atoms with Gasteiger partial charge in [-0.1, -0.05) is 74.4 Å². The molecule has 0 saturated carbocycles. The van der Waals surface area contributed by atoms with Crippen molar-refractivity contribution >= 4 is 11.9 Å². The molecule has 2 aromatic rings. The van der Waals surface area contributed by atoms with Crippen LogP contribution in [0.4, 0.5) is 0 Å². The summed E-state index contributed by atoms with van der Waals surface area (Å²) in [7, 11) is 0. The summed E-state index contributed by atoms with van der Waals surface area (Å²) in [5, 5.41) is 0. The molecule has 0 heterocycles. The molecule has 0 bridgehead atoms.